The second-order valence-corrected chi connectivity index (χ2v) is 5.59. The number of nitrogens with one attached hydrogen (secondary N) is 2. The smallest absolute Gasteiger partial charge is 0.237 e. The molecule has 1 aliphatic carbocycles. The third kappa shape index (κ3) is 3.91. The van der Waals surface area contributed by atoms with E-state index in [-0.39, 0.29) is 18.2 Å². The quantitative estimate of drug-likeness (QED) is 0.733. The Morgan fingerprint density at radius 1 is 1.21 bits per heavy atom. The Balaban J connectivity index is 1.77. The highest BCUT2D eigenvalue weighted by Crippen LogP contribution is 2.32. The Morgan fingerprint density at radius 3 is 2.68 bits per heavy atom. The van der Waals surface area contributed by atoms with Gasteiger partial charge in [-0.05, 0) is 31.6 Å². The number of ether oxygens (including phenoxy) is 2. The topological polar surface area (TPSA) is 59.6 Å². The molecule has 19 heavy (non-hydrogen) atoms. The van der Waals surface area contributed by atoms with Crippen molar-refractivity contribution in [3.05, 3.63) is 0 Å². The minimum Gasteiger partial charge on any atom is -0.354 e. The van der Waals surface area contributed by atoms with Crippen LogP contribution >= 0.6 is 0 Å². The van der Waals surface area contributed by atoms with E-state index in [1.807, 2.05) is 0 Å². The second-order valence-electron chi connectivity index (χ2n) is 5.59. The molecular formula is C14H26N2O3. The fourth-order valence-corrected chi connectivity index (χ4v) is 3.27. The molecule has 1 amide bonds. The minimum absolute atomic E-state index is 0.0475. The van der Waals surface area contributed by atoms with Crippen LogP contribution in [0.1, 0.15) is 38.5 Å². The largest absolute Gasteiger partial charge is 0.354 e. The highest BCUT2D eigenvalue weighted by atomic mass is 16.7. The summed E-state index contributed by atoms with van der Waals surface area (Å²) >= 11 is 0. The van der Waals surface area contributed by atoms with Gasteiger partial charge in [0, 0.05) is 20.3 Å². The van der Waals surface area contributed by atoms with E-state index in [9.17, 15) is 4.79 Å². The van der Waals surface area contributed by atoms with Crippen LogP contribution in [-0.2, 0) is 14.3 Å². The lowest BCUT2D eigenvalue weighted by molar-refractivity contribution is -0.130. The number of carbonyl (C=O) groups excluding carboxylic acids is 1. The van der Waals surface area contributed by atoms with Gasteiger partial charge in [-0.15, -0.1) is 0 Å². The van der Waals surface area contributed by atoms with E-state index in [0.29, 0.717) is 12.6 Å². The molecule has 1 saturated carbocycles. The number of rotatable bonds is 5. The number of piperidine rings is 1. The van der Waals surface area contributed by atoms with Gasteiger partial charge in [0.25, 0.3) is 0 Å². The van der Waals surface area contributed by atoms with Crippen molar-refractivity contribution in [1.82, 2.24) is 10.6 Å². The molecule has 2 fully saturated rings. The summed E-state index contributed by atoms with van der Waals surface area (Å²) in [6.45, 7) is 0.401. The monoisotopic (exact) mass is 270 g/mol. The van der Waals surface area contributed by atoms with Crippen LogP contribution in [0.2, 0.25) is 0 Å². The van der Waals surface area contributed by atoms with Crippen molar-refractivity contribution < 1.29 is 14.3 Å². The van der Waals surface area contributed by atoms with Gasteiger partial charge in [0.15, 0.2) is 6.29 Å². The SMILES string of the molecule is COC(CNC(=O)C1CCC2CCCCC2N1)OC. The van der Waals surface area contributed by atoms with Crippen LogP contribution in [0.4, 0.5) is 0 Å². The van der Waals surface area contributed by atoms with Gasteiger partial charge in [0.05, 0.1) is 12.6 Å². The molecule has 2 N–H and O–H groups in total. The third-order valence-electron chi connectivity index (χ3n) is 4.44. The zero-order valence-corrected chi connectivity index (χ0v) is 12.0. The van der Waals surface area contributed by atoms with Crippen LogP contribution in [0.25, 0.3) is 0 Å². The Kier molecular flexibility index (Phi) is 5.60. The van der Waals surface area contributed by atoms with E-state index in [4.69, 9.17) is 9.47 Å². The fraction of sp³-hybridized carbons (Fsp3) is 0.929. The van der Waals surface area contributed by atoms with Crippen LogP contribution in [0.5, 0.6) is 0 Å². The van der Waals surface area contributed by atoms with Crippen LogP contribution in [0.15, 0.2) is 0 Å². The van der Waals surface area contributed by atoms with Crippen molar-refractivity contribution in [3.63, 3.8) is 0 Å². The molecule has 0 aromatic rings. The summed E-state index contributed by atoms with van der Waals surface area (Å²) in [7, 11) is 3.15. The number of methoxy groups -OCH3 is 2. The number of hydrogen-bond acceptors (Lipinski definition) is 4. The highest BCUT2D eigenvalue weighted by Gasteiger charge is 2.34. The molecule has 0 aromatic heterocycles. The van der Waals surface area contributed by atoms with Gasteiger partial charge in [-0.1, -0.05) is 12.8 Å². The second kappa shape index (κ2) is 7.22. The molecule has 3 unspecified atom stereocenters. The number of amides is 1. The molecule has 3 atom stereocenters. The zero-order chi connectivity index (χ0) is 13.7. The summed E-state index contributed by atoms with van der Waals surface area (Å²) in [6, 6.07) is 0.493. The molecular weight excluding hydrogens is 244 g/mol. The number of fused-ring (bicyclic) bond motifs is 1. The van der Waals surface area contributed by atoms with Gasteiger partial charge in [-0.3, -0.25) is 4.79 Å². The summed E-state index contributed by atoms with van der Waals surface area (Å²) < 4.78 is 10.1. The Bertz CT molecular complexity index is 294. The maximum absolute atomic E-state index is 12.1. The van der Waals surface area contributed by atoms with Crippen molar-refractivity contribution in [2.45, 2.75) is 56.9 Å². The molecule has 1 aliphatic heterocycles. The van der Waals surface area contributed by atoms with Crippen molar-refractivity contribution in [3.8, 4) is 0 Å². The summed E-state index contributed by atoms with van der Waals surface area (Å²) in [5.41, 5.74) is 0. The van der Waals surface area contributed by atoms with Crippen LogP contribution in [0, 0.1) is 5.92 Å². The highest BCUT2D eigenvalue weighted by molar-refractivity contribution is 5.81. The van der Waals surface area contributed by atoms with Gasteiger partial charge >= 0.3 is 0 Å². The average molecular weight is 270 g/mol. The Labute approximate surface area is 115 Å². The van der Waals surface area contributed by atoms with Gasteiger partial charge in [-0.25, -0.2) is 0 Å². The molecule has 5 nitrogen and oxygen atoms in total. The van der Waals surface area contributed by atoms with Crippen molar-refractivity contribution in [2.24, 2.45) is 5.92 Å². The van der Waals surface area contributed by atoms with E-state index in [2.05, 4.69) is 10.6 Å². The summed E-state index contributed by atoms with van der Waals surface area (Å²) in [5, 5.41) is 6.42. The molecule has 2 rings (SSSR count). The molecule has 0 radical (unpaired) electrons. The van der Waals surface area contributed by atoms with Gasteiger partial charge in [-0.2, -0.15) is 0 Å². The van der Waals surface area contributed by atoms with Gasteiger partial charge in [0.2, 0.25) is 5.91 Å². The molecule has 0 bridgehead atoms. The van der Waals surface area contributed by atoms with E-state index in [1.54, 1.807) is 14.2 Å². The predicted octanol–water partition coefficient (Wildman–Crippen LogP) is 1.03. The molecule has 0 spiro atoms. The summed E-state index contributed by atoms with van der Waals surface area (Å²) in [6.07, 6.45) is 6.93. The average Bonchev–Trinajstić information content (AvgIpc) is 2.47. The van der Waals surface area contributed by atoms with Crippen LogP contribution in [0.3, 0.4) is 0 Å². The maximum atomic E-state index is 12.1. The first kappa shape index (κ1) is 14.8. The third-order valence-corrected chi connectivity index (χ3v) is 4.44. The normalized spacial score (nSPS) is 31.0. The first-order valence-corrected chi connectivity index (χ1v) is 7.34. The number of hydrogen-bond donors (Lipinski definition) is 2. The van der Waals surface area contributed by atoms with Crippen LogP contribution < -0.4 is 10.6 Å². The van der Waals surface area contributed by atoms with Crippen molar-refractivity contribution in [1.29, 1.82) is 0 Å². The first-order valence-electron chi connectivity index (χ1n) is 7.34. The molecule has 2 aliphatic rings. The molecule has 110 valence electrons. The minimum atomic E-state index is -0.366. The lowest BCUT2D eigenvalue weighted by atomic mass is 9.77. The van der Waals surface area contributed by atoms with Crippen LogP contribution in [-0.4, -0.2) is 45.0 Å². The standard InChI is InChI=1S/C14H26N2O3/c1-18-13(19-2)9-15-14(17)12-8-7-10-5-3-4-6-11(10)16-12/h10-13,16H,3-9H2,1-2H3,(H,15,17). The Hall–Kier alpha value is -0.650. The summed E-state index contributed by atoms with van der Waals surface area (Å²) in [5.74, 6) is 0.853. The van der Waals surface area contributed by atoms with E-state index in [0.717, 1.165) is 12.3 Å². The first-order chi connectivity index (χ1) is 9.24. The van der Waals surface area contributed by atoms with E-state index >= 15 is 0 Å². The lowest BCUT2D eigenvalue weighted by Crippen LogP contribution is -2.55. The predicted molar refractivity (Wildman–Crippen MR) is 72.7 cm³/mol. The van der Waals surface area contributed by atoms with Crippen molar-refractivity contribution >= 4 is 5.91 Å². The summed E-state index contributed by atoms with van der Waals surface area (Å²) in [4.78, 5) is 12.1. The van der Waals surface area contributed by atoms with Gasteiger partial charge in [0.1, 0.15) is 0 Å². The van der Waals surface area contributed by atoms with E-state index in [1.165, 1.54) is 32.1 Å². The molecule has 1 saturated heterocycles. The number of carbonyl (C=O) groups is 1. The van der Waals surface area contributed by atoms with Gasteiger partial charge < -0.3 is 20.1 Å². The zero-order valence-electron chi connectivity index (χ0n) is 12.0. The fourth-order valence-electron chi connectivity index (χ4n) is 3.27. The molecule has 5 heteroatoms. The van der Waals surface area contributed by atoms with Crippen molar-refractivity contribution in [2.75, 3.05) is 20.8 Å². The molecule has 1 heterocycles. The molecule has 0 aromatic carbocycles. The lowest BCUT2D eigenvalue weighted by Gasteiger charge is -2.40. The van der Waals surface area contributed by atoms with E-state index < -0.39 is 0 Å². The maximum Gasteiger partial charge on any atom is 0.237 e. The Morgan fingerprint density at radius 2 is 1.95 bits per heavy atom.